The molecule has 22 heavy (non-hydrogen) atoms. The molecule has 0 radical (unpaired) electrons. The summed E-state index contributed by atoms with van der Waals surface area (Å²) in [6, 6.07) is 14.3. The molecule has 0 fully saturated rings. The predicted molar refractivity (Wildman–Crippen MR) is 89.8 cm³/mol. The first-order valence-electron chi connectivity index (χ1n) is 6.29. The van der Waals surface area contributed by atoms with Gasteiger partial charge in [0.1, 0.15) is 10.6 Å². The summed E-state index contributed by atoms with van der Waals surface area (Å²) < 4.78 is 3.87. The minimum Gasteiger partial charge on any atom is -0.320 e. The molecule has 0 spiro atoms. The number of hydrogen-bond donors (Lipinski definition) is 1. The Balaban J connectivity index is 1.89. The average Bonchev–Trinajstić information content (AvgIpc) is 3.00. The molecule has 3 rings (SSSR count). The maximum Gasteiger partial charge on any atom is 0.269 e. The predicted octanol–water partition coefficient (Wildman–Crippen LogP) is 4.76. The zero-order valence-electron chi connectivity index (χ0n) is 11.1. The summed E-state index contributed by atoms with van der Waals surface area (Å²) in [6.07, 6.45) is 0. The van der Waals surface area contributed by atoms with Crippen molar-refractivity contribution >= 4 is 46.3 Å². The van der Waals surface area contributed by atoms with Gasteiger partial charge in [-0.05, 0) is 29.7 Å². The van der Waals surface area contributed by atoms with Gasteiger partial charge in [-0.3, -0.25) is 4.79 Å². The summed E-state index contributed by atoms with van der Waals surface area (Å²) in [6.45, 7) is 0. The maximum atomic E-state index is 12.4. The highest BCUT2D eigenvalue weighted by Gasteiger charge is 2.18. The van der Waals surface area contributed by atoms with Crippen LogP contribution in [0.15, 0.2) is 48.5 Å². The van der Waals surface area contributed by atoms with Gasteiger partial charge in [0.25, 0.3) is 5.91 Å². The van der Waals surface area contributed by atoms with Crippen LogP contribution in [0.1, 0.15) is 9.67 Å². The second-order valence-electron chi connectivity index (χ2n) is 4.39. The summed E-state index contributed by atoms with van der Waals surface area (Å²) in [5.74, 6) is -0.307. The molecule has 7 heteroatoms. The first kappa shape index (κ1) is 15.0. The lowest BCUT2D eigenvalue weighted by Crippen LogP contribution is -2.11. The van der Waals surface area contributed by atoms with Crippen molar-refractivity contribution in [3.8, 4) is 11.3 Å². The van der Waals surface area contributed by atoms with Crippen LogP contribution in [-0.4, -0.2) is 15.5 Å². The summed E-state index contributed by atoms with van der Waals surface area (Å²) >= 11 is 12.9. The van der Waals surface area contributed by atoms with Gasteiger partial charge in [-0.2, -0.15) is 0 Å². The minimum atomic E-state index is -0.307. The van der Waals surface area contributed by atoms with Crippen molar-refractivity contribution in [2.75, 3.05) is 5.32 Å². The Morgan fingerprint density at radius 3 is 2.59 bits per heavy atom. The Bertz CT molecular complexity index is 821. The molecule has 0 aliphatic heterocycles. The molecule has 1 N–H and O–H groups in total. The third-order valence-electron chi connectivity index (χ3n) is 2.92. The minimum absolute atomic E-state index is 0.307. The second kappa shape index (κ2) is 6.44. The number of halogens is 2. The van der Waals surface area contributed by atoms with Crippen LogP contribution in [0, 0.1) is 0 Å². The lowest BCUT2D eigenvalue weighted by molar-refractivity contribution is 0.103. The van der Waals surface area contributed by atoms with E-state index in [1.54, 1.807) is 18.2 Å². The zero-order valence-corrected chi connectivity index (χ0v) is 13.4. The molecule has 0 saturated heterocycles. The van der Waals surface area contributed by atoms with Gasteiger partial charge in [0.15, 0.2) is 0 Å². The normalized spacial score (nSPS) is 10.5. The number of hydrogen-bond acceptors (Lipinski definition) is 4. The van der Waals surface area contributed by atoms with Crippen LogP contribution in [0.4, 0.5) is 5.69 Å². The highest BCUT2D eigenvalue weighted by molar-refractivity contribution is 7.08. The number of carbonyl (C=O) groups is 1. The van der Waals surface area contributed by atoms with E-state index >= 15 is 0 Å². The summed E-state index contributed by atoms with van der Waals surface area (Å²) in [4.78, 5) is 12.9. The second-order valence-corrected chi connectivity index (χ2v) is 5.99. The third-order valence-corrected chi connectivity index (χ3v) is 4.19. The van der Waals surface area contributed by atoms with Gasteiger partial charge in [-0.15, -0.1) is 5.10 Å². The van der Waals surface area contributed by atoms with Crippen molar-refractivity contribution in [1.82, 2.24) is 9.59 Å². The van der Waals surface area contributed by atoms with E-state index in [1.807, 2.05) is 30.3 Å². The van der Waals surface area contributed by atoms with Crippen LogP contribution in [0.3, 0.4) is 0 Å². The topological polar surface area (TPSA) is 54.9 Å². The summed E-state index contributed by atoms with van der Waals surface area (Å²) in [5.41, 5.74) is 1.88. The van der Waals surface area contributed by atoms with Gasteiger partial charge in [-0.1, -0.05) is 58.0 Å². The smallest absolute Gasteiger partial charge is 0.269 e. The largest absolute Gasteiger partial charge is 0.320 e. The van der Waals surface area contributed by atoms with Gasteiger partial charge in [0.2, 0.25) is 0 Å². The Labute approximate surface area is 140 Å². The van der Waals surface area contributed by atoms with E-state index < -0.39 is 0 Å². The molecule has 110 valence electrons. The van der Waals surface area contributed by atoms with Gasteiger partial charge in [-0.25, -0.2) is 0 Å². The van der Waals surface area contributed by atoms with Crippen LogP contribution >= 0.6 is 34.7 Å². The van der Waals surface area contributed by atoms with Gasteiger partial charge in [0.05, 0.1) is 10.7 Å². The van der Waals surface area contributed by atoms with Gasteiger partial charge < -0.3 is 5.32 Å². The fourth-order valence-electron chi connectivity index (χ4n) is 1.89. The molecule has 1 aromatic heterocycles. The van der Waals surface area contributed by atoms with Crippen LogP contribution in [0.2, 0.25) is 10.0 Å². The molecule has 1 amide bonds. The fraction of sp³-hybridized carbons (Fsp3) is 0. The molecule has 0 aliphatic carbocycles. The fourth-order valence-corrected chi connectivity index (χ4v) is 2.93. The standard InChI is InChI=1S/C15H9Cl2N3OS/c16-10-6-7-12(11(17)8-10)18-15(21)14-13(19-20-22-14)9-4-2-1-3-5-9/h1-8H,(H,18,21). The molecule has 0 aliphatic rings. The van der Waals surface area contributed by atoms with Gasteiger partial charge in [0, 0.05) is 10.6 Å². The number of amides is 1. The Morgan fingerprint density at radius 1 is 1.09 bits per heavy atom. The number of nitrogens with zero attached hydrogens (tertiary/aromatic N) is 2. The van der Waals surface area contributed by atoms with Gasteiger partial charge >= 0.3 is 0 Å². The van der Waals surface area contributed by atoms with Crippen molar-refractivity contribution in [3.63, 3.8) is 0 Å². The Kier molecular flexibility index (Phi) is 4.38. The van der Waals surface area contributed by atoms with Crippen LogP contribution in [0.25, 0.3) is 11.3 Å². The molecule has 0 unspecified atom stereocenters. The Morgan fingerprint density at radius 2 is 1.86 bits per heavy atom. The highest BCUT2D eigenvalue weighted by atomic mass is 35.5. The molecule has 3 aromatic rings. The van der Waals surface area contributed by atoms with Crippen molar-refractivity contribution in [2.45, 2.75) is 0 Å². The molecule has 0 saturated carbocycles. The average molecular weight is 350 g/mol. The van der Waals surface area contributed by atoms with Crippen molar-refractivity contribution in [1.29, 1.82) is 0 Å². The maximum absolute atomic E-state index is 12.4. The molecular weight excluding hydrogens is 341 g/mol. The number of aromatic nitrogens is 2. The lowest BCUT2D eigenvalue weighted by Gasteiger charge is -2.07. The molecule has 0 bridgehead atoms. The quantitative estimate of drug-likeness (QED) is 0.741. The number of anilines is 1. The van der Waals surface area contributed by atoms with E-state index in [9.17, 15) is 4.79 Å². The first-order chi connectivity index (χ1) is 10.6. The molecular formula is C15H9Cl2N3OS. The van der Waals surface area contributed by atoms with E-state index in [-0.39, 0.29) is 5.91 Å². The van der Waals surface area contributed by atoms with Crippen LogP contribution in [0.5, 0.6) is 0 Å². The Hall–Kier alpha value is -1.95. The van der Waals surface area contributed by atoms with Crippen LogP contribution < -0.4 is 5.32 Å². The number of nitrogens with one attached hydrogen (secondary N) is 1. The molecule has 4 nitrogen and oxygen atoms in total. The number of benzene rings is 2. The molecule has 0 atom stereocenters. The first-order valence-corrected chi connectivity index (χ1v) is 7.82. The summed E-state index contributed by atoms with van der Waals surface area (Å²) in [5, 5.41) is 7.67. The monoisotopic (exact) mass is 349 g/mol. The number of carbonyl (C=O) groups excluding carboxylic acids is 1. The highest BCUT2D eigenvalue weighted by Crippen LogP contribution is 2.28. The van der Waals surface area contributed by atoms with Crippen molar-refractivity contribution in [3.05, 3.63) is 63.5 Å². The van der Waals surface area contributed by atoms with E-state index in [4.69, 9.17) is 23.2 Å². The SMILES string of the molecule is O=C(Nc1ccc(Cl)cc1Cl)c1snnc1-c1ccccc1. The van der Waals surface area contributed by atoms with Crippen molar-refractivity contribution in [2.24, 2.45) is 0 Å². The third kappa shape index (κ3) is 3.11. The number of rotatable bonds is 3. The molecule has 2 aromatic carbocycles. The van der Waals surface area contributed by atoms with Crippen LogP contribution in [-0.2, 0) is 0 Å². The van der Waals surface area contributed by atoms with E-state index in [1.165, 1.54) is 0 Å². The zero-order chi connectivity index (χ0) is 15.5. The molecule has 1 heterocycles. The van der Waals surface area contributed by atoms with Crippen molar-refractivity contribution < 1.29 is 4.79 Å². The summed E-state index contributed by atoms with van der Waals surface area (Å²) in [7, 11) is 0. The lowest BCUT2D eigenvalue weighted by atomic mass is 10.1. The van der Waals surface area contributed by atoms with E-state index in [0.29, 0.717) is 26.3 Å². The van der Waals surface area contributed by atoms with E-state index in [2.05, 4.69) is 14.9 Å². The van der Waals surface area contributed by atoms with E-state index in [0.717, 1.165) is 17.1 Å².